The molecule has 1 aliphatic rings. The molecule has 0 bridgehead atoms. The van der Waals surface area contributed by atoms with Gasteiger partial charge in [0.05, 0.1) is 4.36 Å². The molecule has 14 heavy (non-hydrogen) atoms. The minimum atomic E-state index is -0.941. The second kappa shape index (κ2) is 4.18. The van der Waals surface area contributed by atoms with Gasteiger partial charge in [-0.3, -0.25) is 0 Å². The summed E-state index contributed by atoms with van der Waals surface area (Å²) in [6, 6.07) is 9.71. The number of hydrogen-bond acceptors (Lipinski definition) is 2. The third-order valence-corrected chi connectivity index (χ3v) is 6.20. The fraction of sp³-hybridized carbons (Fsp3) is 0.111. The number of benzene rings is 1. The van der Waals surface area contributed by atoms with Crippen molar-refractivity contribution in [1.82, 2.24) is 0 Å². The van der Waals surface area contributed by atoms with Crippen molar-refractivity contribution in [1.29, 1.82) is 0 Å². The van der Waals surface area contributed by atoms with Crippen LogP contribution >= 0.6 is 56.4 Å². The summed E-state index contributed by atoms with van der Waals surface area (Å²) >= 11 is 18.3. The molecule has 1 aromatic carbocycles. The van der Waals surface area contributed by atoms with Gasteiger partial charge in [-0.2, -0.15) is 0 Å². The van der Waals surface area contributed by atoms with Crippen molar-refractivity contribution in [3.63, 3.8) is 0 Å². The molecule has 1 heterocycles. The van der Waals surface area contributed by atoms with E-state index in [0.717, 1.165) is 11.1 Å². The molecule has 0 fully saturated rings. The van der Waals surface area contributed by atoms with Gasteiger partial charge < -0.3 is 0 Å². The third kappa shape index (κ3) is 2.05. The lowest BCUT2D eigenvalue weighted by Crippen LogP contribution is -2.05. The van der Waals surface area contributed by atoms with Crippen LogP contribution in [0.25, 0.3) is 5.57 Å². The Morgan fingerprint density at radius 1 is 1.07 bits per heavy atom. The van der Waals surface area contributed by atoms with Gasteiger partial charge in [-0.15, -0.1) is 0 Å². The van der Waals surface area contributed by atoms with Crippen LogP contribution in [-0.4, -0.2) is 3.67 Å². The van der Waals surface area contributed by atoms with Gasteiger partial charge in [-0.05, 0) is 27.2 Å². The predicted molar refractivity (Wildman–Crippen MR) is 68.8 cm³/mol. The molecule has 0 saturated heterocycles. The molecule has 0 nitrogen and oxygen atoms in total. The van der Waals surface area contributed by atoms with Crippen LogP contribution in [-0.2, 0) is 0 Å². The Kier molecular flexibility index (Phi) is 3.30. The maximum absolute atomic E-state index is 6.13. The zero-order valence-electron chi connectivity index (χ0n) is 6.84. The van der Waals surface area contributed by atoms with Crippen LogP contribution in [0.1, 0.15) is 5.56 Å². The summed E-state index contributed by atoms with van der Waals surface area (Å²) in [5.41, 5.74) is 1.76. The zero-order valence-corrected chi connectivity index (χ0v) is 10.7. The van der Waals surface area contributed by atoms with Crippen molar-refractivity contribution in [3.8, 4) is 0 Å². The van der Waals surface area contributed by atoms with E-state index in [-0.39, 0.29) is 0 Å². The quantitative estimate of drug-likeness (QED) is 0.518. The molecule has 0 aliphatic carbocycles. The monoisotopic (exact) mass is 282 g/mol. The van der Waals surface area contributed by atoms with Gasteiger partial charge in [0.2, 0.25) is 3.67 Å². The molecule has 1 aromatic rings. The van der Waals surface area contributed by atoms with E-state index in [1.807, 2.05) is 30.3 Å². The van der Waals surface area contributed by atoms with Crippen molar-refractivity contribution < 1.29 is 0 Å². The topological polar surface area (TPSA) is 0 Å². The smallest absolute Gasteiger partial charge is 0.0829 e. The Morgan fingerprint density at radius 2 is 1.71 bits per heavy atom. The average Bonchev–Trinajstić information content (AvgIpc) is 2.42. The van der Waals surface area contributed by atoms with E-state index >= 15 is 0 Å². The third-order valence-electron chi connectivity index (χ3n) is 1.77. The fourth-order valence-corrected chi connectivity index (χ4v) is 4.88. The van der Waals surface area contributed by atoms with Gasteiger partial charge in [0, 0.05) is 5.57 Å². The second-order valence-corrected chi connectivity index (χ2v) is 7.43. The molecule has 0 atom stereocenters. The SMILES string of the molecule is ClC1=C(c2ccccc2)C(Cl)(Cl)SS1. The highest BCUT2D eigenvalue weighted by Crippen LogP contribution is 2.62. The van der Waals surface area contributed by atoms with Gasteiger partial charge in [0.25, 0.3) is 0 Å². The Bertz CT molecular complexity index is 373. The second-order valence-electron chi connectivity index (χ2n) is 2.70. The first-order chi connectivity index (χ1) is 6.61. The van der Waals surface area contributed by atoms with E-state index in [1.54, 1.807) is 0 Å². The summed E-state index contributed by atoms with van der Waals surface area (Å²) < 4.78 is -0.283. The number of halogens is 3. The van der Waals surface area contributed by atoms with Gasteiger partial charge in [-0.1, -0.05) is 65.1 Å². The zero-order chi connectivity index (χ0) is 10.2. The van der Waals surface area contributed by atoms with Crippen molar-refractivity contribution >= 4 is 62.0 Å². The molecule has 5 heteroatoms. The van der Waals surface area contributed by atoms with Gasteiger partial charge >= 0.3 is 0 Å². The molecular weight excluding hydrogens is 279 g/mol. The summed E-state index contributed by atoms with van der Waals surface area (Å²) in [7, 11) is 2.76. The Labute approximate surface area is 105 Å². The fourth-order valence-electron chi connectivity index (χ4n) is 1.17. The molecule has 0 unspecified atom stereocenters. The average molecular weight is 284 g/mol. The minimum Gasteiger partial charge on any atom is -0.0829 e. The van der Waals surface area contributed by atoms with E-state index in [9.17, 15) is 0 Å². The number of rotatable bonds is 1. The first-order valence-electron chi connectivity index (χ1n) is 3.80. The largest absolute Gasteiger partial charge is 0.200 e. The standard InChI is InChI=1S/C9H5Cl3S2/c10-8-7(9(11,12)14-13-8)6-4-2-1-3-5-6/h1-5H. The normalized spacial score (nSPS) is 20.2. The summed E-state index contributed by atoms with van der Waals surface area (Å²) in [5.74, 6) is 0. The Hall–Kier alpha value is 0.530. The van der Waals surface area contributed by atoms with Crippen molar-refractivity contribution in [2.75, 3.05) is 0 Å². The van der Waals surface area contributed by atoms with Crippen molar-refractivity contribution in [2.24, 2.45) is 0 Å². The van der Waals surface area contributed by atoms with Crippen LogP contribution in [0.3, 0.4) is 0 Å². The van der Waals surface area contributed by atoms with Crippen molar-refractivity contribution in [2.45, 2.75) is 3.67 Å². The Balaban J connectivity index is 2.48. The summed E-state index contributed by atoms with van der Waals surface area (Å²) in [6.07, 6.45) is 0. The van der Waals surface area contributed by atoms with Gasteiger partial charge in [-0.25, -0.2) is 0 Å². The Morgan fingerprint density at radius 3 is 2.21 bits per heavy atom. The van der Waals surface area contributed by atoms with E-state index in [4.69, 9.17) is 34.8 Å². The van der Waals surface area contributed by atoms with E-state index < -0.39 is 3.67 Å². The minimum absolute atomic E-state index is 0.659. The molecule has 0 aromatic heterocycles. The molecular formula is C9H5Cl3S2. The van der Waals surface area contributed by atoms with Crippen molar-refractivity contribution in [3.05, 3.63) is 40.3 Å². The molecule has 0 saturated carbocycles. The molecule has 0 spiro atoms. The van der Waals surface area contributed by atoms with Crippen LogP contribution < -0.4 is 0 Å². The summed E-state index contributed by atoms with van der Waals surface area (Å²) in [5, 5.41) is 0. The van der Waals surface area contributed by atoms with Crippen LogP contribution in [0.5, 0.6) is 0 Å². The lowest BCUT2D eigenvalue weighted by molar-refractivity contribution is 1.47. The van der Waals surface area contributed by atoms with E-state index in [1.165, 1.54) is 21.6 Å². The summed E-state index contributed by atoms with van der Waals surface area (Å²) in [6.45, 7) is 0. The van der Waals surface area contributed by atoms with Crippen LogP contribution in [0.15, 0.2) is 34.7 Å². The number of hydrogen-bond donors (Lipinski definition) is 0. The molecule has 0 amide bonds. The first kappa shape index (κ1) is 11.0. The highest BCUT2D eigenvalue weighted by molar-refractivity contribution is 8.80. The van der Waals surface area contributed by atoms with Gasteiger partial charge in [0.15, 0.2) is 0 Å². The van der Waals surface area contributed by atoms with Crippen LogP contribution in [0.2, 0.25) is 0 Å². The van der Waals surface area contributed by atoms with Crippen LogP contribution in [0.4, 0.5) is 0 Å². The molecule has 2 rings (SSSR count). The van der Waals surface area contributed by atoms with E-state index in [2.05, 4.69) is 0 Å². The lowest BCUT2D eigenvalue weighted by Gasteiger charge is -2.14. The predicted octanol–water partition coefficient (Wildman–Crippen LogP) is 5.12. The molecule has 0 N–H and O–H groups in total. The highest BCUT2D eigenvalue weighted by atomic mass is 35.5. The number of alkyl halides is 2. The van der Waals surface area contributed by atoms with E-state index in [0.29, 0.717) is 4.36 Å². The maximum atomic E-state index is 6.13. The molecule has 74 valence electrons. The molecule has 1 aliphatic heterocycles. The molecule has 0 radical (unpaired) electrons. The van der Waals surface area contributed by atoms with Gasteiger partial charge in [0.1, 0.15) is 0 Å². The lowest BCUT2D eigenvalue weighted by atomic mass is 10.1. The first-order valence-corrected chi connectivity index (χ1v) is 7.09. The van der Waals surface area contributed by atoms with Crippen LogP contribution in [0, 0.1) is 0 Å². The summed E-state index contributed by atoms with van der Waals surface area (Å²) in [4.78, 5) is 0. The highest BCUT2D eigenvalue weighted by Gasteiger charge is 2.39. The maximum Gasteiger partial charge on any atom is 0.200 e.